The van der Waals surface area contributed by atoms with Gasteiger partial charge in [-0.1, -0.05) is 0 Å². The number of carbonyl (C=O) groups is 1. The molecule has 0 amide bonds. The predicted octanol–water partition coefficient (Wildman–Crippen LogP) is 0.812. The van der Waals surface area contributed by atoms with E-state index in [0.717, 1.165) is 26.2 Å². The second-order valence-electron chi connectivity index (χ2n) is 4.74. The molecule has 1 saturated heterocycles. The lowest BCUT2D eigenvalue weighted by atomic mass is 9.93. The maximum absolute atomic E-state index is 11.4. The summed E-state index contributed by atoms with van der Waals surface area (Å²) in [7, 11) is 1.43. The zero-order valence-electron chi connectivity index (χ0n) is 9.84. The lowest BCUT2D eigenvalue weighted by Crippen LogP contribution is -2.38. The Bertz CT molecular complexity index is 210. The molecule has 0 saturated carbocycles. The fraction of sp³-hybridized carbons (Fsp3) is 0.909. The summed E-state index contributed by atoms with van der Waals surface area (Å²) in [6.45, 7) is 7.04. The summed E-state index contributed by atoms with van der Waals surface area (Å²) in [6, 6.07) is 0. The molecule has 4 nitrogen and oxygen atoms in total. The zero-order chi connectivity index (χ0) is 11.3. The fourth-order valence-electron chi connectivity index (χ4n) is 1.68. The van der Waals surface area contributed by atoms with E-state index in [1.165, 1.54) is 7.11 Å². The topological polar surface area (TPSA) is 47.6 Å². The number of carbonyl (C=O) groups excluding carboxylic acids is 1. The van der Waals surface area contributed by atoms with Gasteiger partial charge in [0, 0.05) is 19.7 Å². The molecule has 0 bridgehead atoms. The van der Waals surface area contributed by atoms with Gasteiger partial charge in [0.05, 0.1) is 19.1 Å². The van der Waals surface area contributed by atoms with Gasteiger partial charge in [0.25, 0.3) is 0 Å². The maximum Gasteiger partial charge on any atom is 0.312 e. The predicted molar refractivity (Wildman–Crippen MR) is 57.6 cm³/mol. The van der Waals surface area contributed by atoms with Crippen LogP contribution in [-0.4, -0.2) is 39.4 Å². The number of methoxy groups -OCH3 is 1. The van der Waals surface area contributed by atoms with Gasteiger partial charge in [-0.3, -0.25) is 4.79 Å². The van der Waals surface area contributed by atoms with Crippen molar-refractivity contribution in [2.75, 3.05) is 33.4 Å². The van der Waals surface area contributed by atoms with Crippen molar-refractivity contribution < 1.29 is 14.3 Å². The Morgan fingerprint density at radius 2 is 2.33 bits per heavy atom. The molecule has 0 spiro atoms. The van der Waals surface area contributed by atoms with E-state index in [4.69, 9.17) is 9.47 Å². The van der Waals surface area contributed by atoms with Crippen molar-refractivity contribution in [1.29, 1.82) is 0 Å². The molecule has 1 atom stereocenters. The van der Waals surface area contributed by atoms with E-state index >= 15 is 0 Å². The summed E-state index contributed by atoms with van der Waals surface area (Å²) in [6.07, 6.45) is 1.12. The van der Waals surface area contributed by atoms with Crippen LogP contribution >= 0.6 is 0 Å². The number of rotatable bonds is 5. The van der Waals surface area contributed by atoms with E-state index in [2.05, 4.69) is 5.32 Å². The number of nitrogens with one attached hydrogen (secondary N) is 1. The molecule has 0 aromatic rings. The van der Waals surface area contributed by atoms with Gasteiger partial charge in [0.15, 0.2) is 0 Å². The first-order chi connectivity index (χ1) is 7.06. The molecule has 88 valence electrons. The van der Waals surface area contributed by atoms with Gasteiger partial charge in [0.1, 0.15) is 0 Å². The van der Waals surface area contributed by atoms with Crippen molar-refractivity contribution in [2.24, 2.45) is 11.3 Å². The standard InChI is InChI=1S/C11H21NO3/c1-11(2,10(13)14-3)8-12-6-9-4-5-15-7-9/h9,12H,4-8H2,1-3H3. The molecule has 1 N–H and O–H groups in total. The molecule has 0 aromatic heterocycles. The van der Waals surface area contributed by atoms with Crippen molar-refractivity contribution in [3.8, 4) is 0 Å². The summed E-state index contributed by atoms with van der Waals surface area (Å²) in [4.78, 5) is 11.4. The first-order valence-electron chi connectivity index (χ1n) is 5.43. The number of hydrogen-bond donors (Lipinski definition) is 1. The molecule has 0 aromatic carbocycles. The average Bonchev–Trinajstić information content (AvgIpc) is 2.69. The smallest absolute Gasteiger partial charge is 0.312 e. The minimum Gasteiger partial charge on any atom is -0.469 e. The van der Waals surface area contributed by atoms with Gasteiger partial charge in [-0.25, -0.2) is 0 Å². The SMILES string of the molecule is COC(=O)C(C)(C)CNCC1CCOC1. The van der Waals surface area contributed by atoms with Crippen molar-refractivity contribution in [2.45, 2.75) is 20.3 Å². The van der Waals surface area contributed by atoms with Crippen molar-refractivity contribution in [1.82, 2.24) is 5.32 Å². The molecule has 1 unspecified atom stereocenters. The second kappa shape index (κ2) is 5.47. The van der Waals surface area contributed by atoms with E-state index < -0.39 is 5.41 Å². The third-order valence-electron chi connectivity index (χ3n) is 2.76. The largest absolute Gasteiger partial charge is 0.469 e. The molecule has 4 heteroatoms. The first kappa shape index (κ1) is 12.5. The molecule has 0 aliphatic carbocycles. The highest BCUT2D eigenvalue weighted by molar-refractivity contribution is 5.76. The van der Waals surface area contributed by atoms with Crippen LogP contribution in [-0.2, 0) is 14.3 Å². The Labute approximate surface area is 91.3 Å². The van der Waals surface area contributed by atoms with E-state index in [-0.39, 0.29) is 5.97 Å². The van der Waals surface area contributed by atoms with E-state index in [1.807, 2.05) is 13.8 Å². The summed E-state index contributed by atoms with van der Waals surface area (Å²) >= 11 is 0. The highest BCUT2D eigenvalue weighted by atomic mass is 16.5. The van der Waals surface area contributed by atoms with Crippen molar-refractivity contribution in [3.63, 3.8) is 0 Å². The first-order valence-corrected chi connectivity index (χ1v) is 5.43. The third kappa shape index (κ3) is 3.80. The van der Waals surface area contributed by atoms with Gasteiger partial charge in [-0.05, 0) is 26.2 Å². The summed E-state index contributed by atoms with van der Waals surface area (Å²) in [5.74, 6) is 0.427. The number of esters is 1. The molecule has 1 aliphatic rings. The van der Waals surface area contributed by atoms with Gasteiger partial charge in [-0.15, -0.1) is 0 Å². The monoisotopic (exact) mass is 215 g/mol. The molecule has 1 heterocycles. The Morgan fingerprint density at radius 1 is 1.60 bits per heavy atom. The minimum atomic E-state index is -0.450. The number of ether oxygens (including phenoxy) is 2. The number of hydrogen-bond acceptors (Lipinski definition) is 4. The Balaban J connectivity index is 2.20. The second-order valence-corrected chi connectivity index (χ2v) is 4.74. The summed E-state index contributed by atoms with van der Waals surface area (Å²) in [5.41, 5.74) is -0.450. The van der Waals surface area contributed by atoms with Crippen molar-refractivity contribution >= 4 is 5.97 Å². The van der Waals surface area contributed by atoms with Crippen LogP contribution in [0.2, 0.25) is 0 Å². The highest BCUT2D eigenvalue weighted by Gasteiger charge is 2.28. The molecule has 1 rings (SSSR count). The Hall–Kier alpha value is -0.610. The van der Waals surface area contributed by atoms with Crippen LogP contribution in [0.4, 0.5) is 0 Å². The maximum atomic E-state index is 11.4. The quantitative estimate of drug-likeness (QED) is 0.689. The third-order valence-corrected chi connectivity index (χ3v) is 2.76. The van der Waals surface area contributed by atoms with E-state index in [9.17, 15) is 4.79 Å². The normalized spacial score (nSPS) is 21.7. The van der Waals surface area contributed by atoms with Crippen LogP contribution in [0.5, 0.6) is 0 Å². The Morgan fingerprint density at radius 3 is 2.87 bits per heavy atom. The van der Waals surface area contributed by atoms with Gasteiger partial charge in [-0.2, -0.15) is 0 Å². The van der Waals surface area contributed by atoms with Crippen LogP contribution in [0.15, 0.2) is 0 Å². The fourth-order valence-corrected chi connectivity index (χ4v) is 1.68. The Kier molecular flexibility index (Phi) is 4.54. The van der Waals surface area contributed by atoms with Gasteiger partial charge >= 0.3 is 5.97 Å². The summed E-state index contributed by atoms with van der Waals surface area (Å²) in [5, 5.41) is 3.30. The van der Waals surface area contributed by atoms with Crippen LogP contribution in [0, 0.1) is 11.3 Å². The zero-order valence-corrected chi connectivity index (χ0v) is 9.84. The minimum absolute atomic E-state index is 0.169. The van der Waals surface area contributed by atoms with Crippen LogP contribution < -0.4 is 5.32 Å². The lowest BCUT2D eigenvalue weighted by molar-refractivity contribution is -0.150. The van der Waals surface area contributed by atoms with Crippen LogP contribution in [0.25, 0.3) is 0 Å². The van der Waals surface area contributed by atoms with Crippen LogP contribution in [0.1, 0.15) is 20.3 Å². The molecular weight excluding hydrogens is 194 g/mol. The van der Waals surface area contributed by atoms with E-state index in [0.29, 0.717) is 12.5 Å². The highest BCUT2D eigenvalue weighted by Crippen LogP contribution is 2.16. The molecular formula is C11H21NO3. The molecule has 15 heavy (non-hydrogen) atoms. The van der Waals surface area contributed by atoms with Crippen LogP contribution in [0.3, 0.4) is 0 Å². The summed E-state index contributed by atoms with van der Waals surface area (Å²) < 4.78 is 10.0. The molecule has 1 aliphatic heterocycles. The van der Waals surface area contributed by atoms with E-state index in [1.54, 1.807) is 0 Å². The average molecular weight is 215 g/mol. The van der Waals surface area contributed by atoms with Gasteiger partial charge in [0.2, 0.25) is 0 Å². The van der Waals surface area contributed by atoms with Gasteiger partial charge < -0.3 is 14.8 Å². The van der Waals surface area contributed by atoms with Crippen molar-refractivity contribution in [3.05, 3.63) is 0 Å². The molecule has 1 fully saturated rings. The molecule has 0 radical (unpaired) electrons. The lowest BCUT2D eigenvalue weighted by Gasteiger charge is -2.22.